The van der Waals surface area contributed by atoms with Gasteiger partial charge in [0.25, 0.3) is 0 Å². The first kappa shape index (κ1) is 19.9. The second-order valence-corrected chi connectivity index (χ2v) is 7.44. The molecule has 3 heterocycles. The Labute approximate surface area is 168 Å². The van der Waals surface area contributed by atoms with Crippen molar-refractivity contribution >= 4 is 12.0 Å². The number of nitrogens with zero attached hydrogens (tertiary/aromatic N) is 4. The van der Waals surface area contributed by atoms with E-state index in [4.69, 9.17) is 0 Å². The Morgan fingerprint density at radius 2 is 1.96 bits per heavy atom. The number of aromatic nitrogens is 1. The van der Waals surface area contributed by atoms with Crippen LogP contribution in [-0.4, -0.2) is 48.8 Å². The average Bonchev–Trinajstić information content (AvgIpc) is 2.73. The Hall–Kier alpha value is -2.82. The first-order chi connectivity index (χ1) is 13.5. The minimum atomic E-state index is 0.829. The van der Waals surface area contributed by atoms with Crippen molar-refractivity contribution in [3.05, 3.63) is 71.9 Å². The van der Waals surface area contributed by atoms with Crippen LogP contribution in [0.3, 0.4) is 0 Å². The van der Waals surface area contributed by atoms with Gasteiger partial charge in [0.2, 0.25) is 0 Å². The molecule has 5 nitrogen and oxygen atoms in total. The van der Waals surface area contributed by atoms with E-state index in [2.05, 4.69) is 64.2 Å². The van der Waals surface area contributed by atoms with Crippen molar-refractivity contribution in [3.8, 4) is 0 Å². The molecule has 0 atom stereocenters. The highest BCUT2D eigenvalue weighted by atomic mass is 15.3. The molecular formula is C23H31N5. The van der Waals surface area contributed by atoms with Crippen LogP contribution in [0.2, 0.25) is 0 Å². The summed E-state index contributed by atoms with van der Waals surface area (Å²) in [6.07, 6.45) is 11.8. The van der Waals surface area contributed by atoms with E-state index in [-0.39, 0.29) is 0 Å². The van der Waals surface area contributed by atoms with Crippen LogP contribution in [0.15, 0.2) is 65.7 Å². The number of aliphatic imine (C=N–C) groups is 1. The number of piperazine rings is 1. The summed E-state index contributed by atoms with van der Waals surface area (Å²) in [7, 11) is 0. The van der Waals surface area contributed by atoms with Crippen molar-refractivity contribution in [2.45, 2.75) is 26.7 Å². The van der Waals surface area contributed by atoms with E-state index in [0.717, 1.165) is 68.4 Å². The number of aryl methyl sites for hydroxylation is 2. The van der Waals surface area contributed by atoms with E-state index in [1.54, 1.807) is 0 Å². The largest absolute Gasteiger partial charge is 0.368 e. The predicted octanol–water partition coefficient (Wildman–Crippen LogP) is 3.74. The molecule has 1 fully saturated rings. The van der Waals surface area contributed by atoms with Gasteiger partial charge in [0.15, 0.2) is 0 Å². The van der Waals surface area contributed by atoms with Gasteiger partial charge in [0.05, 0.1) is 0 Å². The summed E-state index contributed by atoms with van der Waals surface area (Å²) < 4.78 is 0. The number of allylic oxidation sites excluding steroid dienone is 3. The van der Waals surface area contributed by atoms with E-state index >= 15 is 0 Å². The lowest BCUT2D eigenvalue weighted by Crippen LogP contribution is -2.46. The van der Waals surface area contributed by atoms with Crippen LogP contribution in [0.5, 0.6) is 0 Å². The van der Waals surface area contributed by atoms with Crippen LogP contribution in [-0.2, 0) is 0 Å². The molecule has 1 N–H and O–H groups in total. The Balaban J connectivity index is 1.66. The molecular weight excluding hydrogens is 346 g/mol. The number of anilines is 1. The van der Waals surface area contributed by atoms with E-state index in [0.29, 0.717) is 0 Å². The summed E-state index contributed by atoms with van der Waals surface area (Å²) in [6.45, 7) is 17.2. The maximum atomic E-state index is 4.65. The molecule has 0 unspecified atom stereocenters. The molecule has 28 heavy (non-hydrogen) atoms. The molecule has 0 aliphatic carbocycles. The van der Waals surface area contributed by atoms with Crippen LogP contribution in [0.25, 0.3) is 0 Å². The zero-order chi connectivity index (χ0) is 19.9. The molecule has 1 saturated heterocycles. The van der Waals surface area contributed by atoms with E-state index < -0.39 is 0 Å². The Bertz CT molecular complexity index is 810. The fourth-order valence-electron chi connectivity index (χ4n) is 3.56. The topological polar surface area (TPSA) is 43.8 Å². The van der Waals surface area contributed by atoms with E-state index in [1.165, 1.54) is 11.1 Å². The second-order valence-electron chi connectivity index (χ2n) is 7.44. The maximum absolute atomic E-state index is 4.65. The third-order valence-corrected chi connectivity index (χ3v) is 5.15. The summed E-state index contributed by atoms with van der Waals surface area (Å²) in [6, 6.07) is 2.20. The van der Waals surface area contributed by atoms with Crippen molar-refractivity contribution in [2.24, 2.45) is 4.99 Å². The molecule has 0 bridgehead atoms. The van der Waals surface area contributed by atoms with Gasteiger partial charge in [0, 0.05) is 68.3 Å². The summed E-state index contributed by atoms with van der Waals surface area (Å²) in [4.78, 5) is 13.8. The third-order valence-electron chi connectivity index (χ3n) is 5.15. The van der Waals surface area contributed by atoms with Crippen molar-refractivity contribution < 1.29 is 0 Å². The van der Waals surface area contributed by atoms with Gasteiger partial charge in [-0.15, -0.1) is 0 Å². The van der Waals surface area contributed by atoms with Crippen LogP contribution in [0.4, 0.5) is 5.82 Å². The molecule has 0 amide bonds. The summed E-state index contributed by atoms with van der Waals surface area (Å²) in [5, 5.41) is 3.33. The van der Waals surface area contributed by atoms with Crippen LogP contribution in [0.1, 0.15) is 24.0 Å². The van der Waals surface area contributed by atoms with Gasteiger partial charge < -0.3 is 15.1 Å². The van der Waals surface area contributed by atoms with E-state index in [1.807, 2.05) is 24.7 Å². The van der Waals surface area contributed by atoms with Crippen molar-refractivity contribution in [3.63, 3.8) is 0 Å². The van der Waals surface area contributed by atoms with E-state index in [9.17, 15) is 0 Å². The highest BCUT2D eigenvalue weighted by molar-refractivity contribution is 5.72. The lowest BCUT2D eigenvalue weighted by Gasteiger charge is -2.38. The van der Waals surface area contributed by atoms with Crippen molar-refractivity contribution in [2.75, 3.05) is 37.6 Å². The molecule has 0 aromatic carbocycles. The first-order valence-corrected chi connectivity index (χ1v) is 9.98. The highest BCUT2D eigenvalue weighted by Gasteiger charge is 2.21. The van der Waals surface area contributed by atoms with Crippen LogP contribution in [0, 0.1) is 13.8 Å². The van der Waals surface area contributed by atoms with Crippen molar-refractivity contribution in [1.82, 2.24) is 15.2 Å². The monoisotopic (exact) mass is 377 g/mol. The predicted molar refractivity (Wildman–Crippen MR) is 119 cm³/mol. The van der Waals surface area contributed by atoms with Gasteiger partial charge >= 0.3 is 0 Å². The van der Waals surface area contributed by atoms with Gasteiger partial charge in [-0.2, -0.15) is 0 Å². The molecule has 0 radical (unpaired) electrons. The molecule has 1 aromatic rings. The first-order valence-electron chi connectivity index (χ1n) is 9.98. The number of rotatable bonds is 3. The van der Waals surface area contributed by atoms with Crippen LogP contribution >= 0.6 is 0 Å². The highest BCUT2D eigenvalue weighted by Crippen LogP contribution is 2.22. The zero-order valence-electron chi connectivity index (χ0n) is 17.1. The van der Waals surface area contributed by atoms with Gasteiger partial charge in [-0.1, -0.05) is 19.2 Å². The number of hydrogen-bond donors (Lipinski definition) is 1. The smallest absolute Gasteiger partial charge is 0.131 e. The van der Waals surface area contributed by atoms with Gasteiger partial charge in [-0.3, -0.25) is 4.99 Å². The number of nitrogens with one attached hydrogen (secondary N) is 1. The molecule has 148 valence electrons. The molecule has 2 aliphatic heterocycles. The summed E-state index contributed by atoms with van der Waals surface area (Å²) in [5.74, 6) is 1.10. The molecule has 0 saturated carbocycles. The van der Waals surface area contributed by atoms with Gasteiger partial charge in [-0.25, -0.2) is 4.98 Å². The molecule has 3 rings (SSSR count). The molecule has 2 aliphatic rings. The standard InChI is InChI=1S/C23H31N5/c1-18-15-19(2)23(26-16-18)28-13-11-27(12-14-28)21(4)22-8-6-10-24-9-5-7-20(3)25-17-22/h6,8,10,15-17,25H,3-5,7,9,11-14H2,1-2H3. The summed E-state index contributed by atoms with van der Waals surface area (Å²) in [5.41, 5.74) is 5.55. The van der Waals surface area contributed by atoms with Crippen molar-refractivity contribution in [1.29, 1.82) is 0 Å². The third kappa shape index (κ3) is 5.12. The van der Waals surface area contributed by atoms with Gasteiger partial charge in [0.1, 0.15) is 5.82 Å². The van der Waals surface area contributed by atoms with Gasteiger partial charge in [-0.05, 0) is 50.0 Å². The summed E-state index contributed by atoms with van der Waals surface area (Å²) >= 11 is 0. The zero-order valence-corrected chi connectivity index (χ0v) is 17.1. The fraction of sp³-hybridized carbons (Fsp3) is 0.391. The quantitative estimate of drug-likeness (QED) is 0.871. The minimum absolute atomic E-state index is 0.829. The molecule has 0 spiro atoms. The lowest BCUT2D eigenvalue weighted by molar-refractivity contribution is 0.328. The minimum Gasteiger partial charge on any atom is -0.368 e. The Morgan fingerprint density at radius 3 is 2.71 bits per heavy atom. The number of pyridine rings is 1. The average molecular weight is 378 g/mol. The second kappa shape index (κ2) is 9.40. The Morgan fingerprint density at radius 1 is 1.18 bits per heavy atom. The van der Waals surface area contributed by atoms with Crippen LogP contribution < -0.4 is 10.2 Å². The molecule has 5 heteroatoms. The normalized spacial score (nSPS) is 18.4. The number of hydrogen-bond acceptors (Lipinski definition) is 5. The lowest BCUT2D eigenvalue weighted by atomic mass is 10.1. The Kier molecular flexibility index (Phi) is 6.69. The SMILES string of the molecule is C=C1CCCN=CC=CC(C(=C)N2CCN(c3ncc(C)cc3C)CC2)=CN1. The molecule has 1 aromatic heterocycles. The maximum Gasteiger partial charge on any atom is 0.131 e. The fourth-order valence-corrected chi connectivity index (χ4v) is 3.56.